The Kier molecular flexibility index (Phi) is 3.44. The summed E-state index contributed by atoms with van der Waals surface area (Å²) in [6.45, 7) is 4.09. The molecule has 0 heterocycles. The summed E-state index contributed by atoms with van der Waals surface area (Å²) in [7, 11) is 1.43. The van der Waals surface area contributed by atoms with Gasteiger partial charge in [-0.05, 0) is 30.7 Å². The van der Waals surface area contributed by atoms with E-state index in [9.17, 15) is 9.59 Å². The van der Waals surface area contributed by atoms with Crippen molar-refractivity contribution in [3.8, 4) is 0 Å². The Labute approximate surface area is 125 Å². The van der Waals surface area contributed by atoms with Crippen molar-refractivity contribution in [3.05, 3.63) is 48.0 Å². The number of ketones is 1. The molecule has 0 amide bonds. The molecule has 3 atom stereocenters. The van der Waals surface area contributed by atoms with Gasteiger partial charge in [-0.3, -0.25) is 9.59 Å². The summed E-state index contributed by atoms with van der Waals surface area (Å²) >= 11 is 0. The zero-order chi connectivity index (χ0) is 15.0. The number of Topliss-reactive ketones (excluding diaryl/α,β-unsaturated/α-hetero) is 1. The van der Waals surface area contributed by atoms with Gasteiger partial charge in [-0.25, -0.2) is 0 Å². The van der Waals surface area contributed by atoms with Crippen LogP contribution in [0.5, 0.6) is 0 Å². The maximum atomic E-state index is 12.7. The molecule has 2 aliphatic rings. The fourth-order valence-electron chi connectivity index (χ4n) is 4.24. The van der Waals surface area contributed by atoms with E-state index in [-0.39, 0.29) is 23.6 Å². The Hall–Kier alpha value is -1.90. The van der Waals surface area contributed by atoms with Crippen LogP contribution in [0.25, 0.3) is 0 Å². The minimum Gasteiger partial charge on any atom is -0.468 e. The predicted octanol–water partition coefficient (Wildman–Crippen LogP) is 3.04. The van der Waals surface area contributed by atoms with Crippen LogP contribution in [0.4, 0.5) is 0 Å². The minimum atomic E-state index is -0.748. The molecule has 1 aromatic rings. The number of ether oxygens (including phenoxy) is 1. The zero-order valence-electron chi connectivity index (χ0n) is 12.3. The summed E-state index contributed by atoms with van der Waals surface area (Å²) in [5, 5.41) is 0. The van der Waals surface area contributed by atoms with Crippen molar-refractivity contribution in [2.24, 2.45) is 11.8 Å². The van der Waals surface area contributed by atoms with E-state index in [0.29, 0.717) is 12.8 Å². The van der Waals surface area contributed by atoms with E-state index < -0.39 is 5.41 Å². The summed E-state index contributed by atoms with van der Waals surface area (Å²) in [5.74, 6) is -0.0137. The predicted molar refractivity (Wildman–Crippen MR) is 79.7 cm³/mol. The third kappa shape index (κ3) is 2.03. The van der Waals surface area contributed by atoms with Gasteiger partial charge < -0.3 is 4.74 Å². The number of rotatable bonds is 2. The molecule has 1 aromatic carbocycles. The van der Waals surface area contributed by atoms with Crippen LogP contribution in [0.3, 0.4) is 0 Å². The average Bonchev–Trinajstić information content (AvgIpc) is 2.88. The molecule has 21 heavy (non-hydrogen) atoms. The summed E-state index contributed by atoms with van der Waals surface area (Å²) in [6, 6.07) is 9.74. The van der Waals surface area contributed by atoms with E-state index in [1.165, 1.54) is 7.11 Å². The Balaban J connectivity index is 2.16. The van der Waals surface area contributed by atoms with Crippen LogP contribution in [0.2, 0.25) is 0 Å². The summed E-state index contributed by atoms with van der Waals surface area (Å²) in [5.41, 5.74) is 1.17. The summed E-state index contributed by atoms with van der Waals surface area (Å²) in [6.07, 6.45) is 2.63. The van der Waals surface area contributed by atoms with Gasteiger partial charge in [0.25, 0.3) is 0 Å². The molecule has 3 nitrogen and oxygen atoms in total. The lowest BCUT2D eigenvalue weighted by atomic mass is 9.58. The SMILES string of the molecule is C=C1C[C@H]2C(=O)CC[C@H]2[C@@](C(=O)OC)(c2ccccc2)C1. The Morgan fingerprint density at radius 3 is 2.71 bits per heavy atom. The Bertz CT molecular complexity index is 590. The number of carbonyl (C=O) groups is 2. The molecule has 2 saturated carbocycles. The number of allylic oxidation sites excluding steroid dienone is 1. The van der Waals surface area contributed by atoms with Crippen molar-refractivity contribution in [1.29, 1.82) is 0 Å². The molecular formula is C18H20O3. The standard InChI is InChI=1S/C18H20O3/c1-12-10-14-15(8-9-16(14)19)18(11-12,17(20)21-2)13-6-4-3-5-7-13/h3-7,14-15H,1,8-11H2,2H3/t14-,15-,18+/m1/s1. The highest BCUT2D eigenvalue weighted by Gasteiger charge is 2.57. The van der Waals surface area contributed by atoms with Crippen LogP contribution >= 0.6 is 0 Å². The van der Waals surface area contributed by atoms with Gasteiger partial charge in [-0.1, -0.05) is 42.5 Å². The van der Waals surface area contributed by atoms with Crippen LogP contribution in [0.15, 0.2) is 42.5 Å². The van der Waals surface area contributed by atoms with Gasteiger partial charge in [0.2, 0.25) is 0 Å². The van der Waals surface area contributed by atoms with Gasteiger partial charge in [-0.15, -0.1) is 0 Å². The quantitative estimate of drug-likeness (QED) is 0.619. The fourth-order valence-corrected chi connectivity index (χ4v) is 4.24. The van der Waals surface area contributed by atoms with Gasteiger partial charge in [0.15, 0.2) is 0 Å². The van der Waals surface area contributed by atoms with Gasteiger partial charge in [0, 0.05) is 12.3 Å². The first-order chi connectivity index (χ1) is 10.1. The van der Waals surface area contributed by atoms with Crippen LogP contribution < -0.4 is 0 Å². The van der Waals surface area contributed by atoms with Crippen molar-refractivity contribution < 1.29 is 14.3 Å². The highest BCUT2D eigenvalue weighted by molar-refractivity contribution is 5.90. The fraction of sp³-hybridized carbons (Fsp3) is 0.444. The minimum absolute atomic E-state index is 0.0327. The molecule has 0 aliphatic heterocycles. The van der Waals surface area contributed by atoms with E-state index >= 15 is 0 Å². The molecular weight excluding hydrogens is 264 g/mol. The second-order valence-electron chi connectivity index (χ2n) is 6.18. The van der Waals surface area contributed by atoms with Crippen molar-refractivity contribution in [2.45, 2.75) is 31.1 Å². The van der Waals surface area contributed by atoms with Crippen molar-refractivity contribution in [2.75, 3.05) is 7.11 Å². The molecule has 0 aromatic heterocycles. The molecule has 2 fully saturated rings. The molecule has 110 valence electrons. The Morgan fingerprint density at radius 2 is 2.05 bits per heavy atom. The first-order valence-corrected chi connectivity index (χ1v) is 7.43. The van der Waals surface area contributed by atoms with E-state index in [1.807, 2.05) is 30.3 Å². The van der Waals surface area contributed by atoms with Crippen LogP contribution in [0, 0.1) is 11.8 Å². The van der Waals surface area contributed by atoms with Gasteiger partial charge in [0.05, 0.1) is 7.11 Å². The molecule has 3 rings (SSSR count). The maximum absolute atomic E-state index is 12.7. The number of fused-ring (bicyclic) bond motifs is 1. The molecule has 0 saturated heterocycles. The smallest absolute Gasteiger partial charge is 0.316 e. The summed E-state index contributed by atoms with van der Waals surface area (Å²) in [4.78, 5) is 24.9. The van der Waals surface area contributed by atoms with E-state index in [2.05, 4.69) is 6.58 Å². The topological polar surface area (TPSA) is 43.4 Å². The number of hydrogen-bond donors (Lipinski definition) is 0. The van der Waals surface area contributed by atoms with E-state index in [0.717, 1.165) is 24.0 Å². The highest BCUT2D eigenvalue weighted by Crippen LogP contribution is 2.54. The second kappa shape index (κ2) is 5.14. The first-order valence-electron chi connectivity index (χ1n) is 7.43. The molecule has 3 heteroatoms. The maximum Gasteiger partial charge on any atom is 0.316 e. The van der Waals surface area contributed by atoms with Crippen LogP contribution in [-0.2, 0) is 19.7 Å². The number of carbonyl (C=O) groups excluding carboxylic acids is 2. The van der Waals surface area contributed by atoms with Crippen molar-refractivity contribution in [1.82, 2.24) is 0 Å². The number of methoxy groups -OCH3 is 1. The Morgan fingerprint density at radius 1 is 1.33 bits per heavy atom. The molecule has 0 N–H and O–H groups in total. The lowest BCUT2D eigenvalue weighted by Gasteiger charge is -2.44. The molecule has 0 spiro atoms. The monoisotopic (exact) mass is 284 g/mol. The second-order valence-corrected chi connectivity index (χ2v) is 6.18. The normalized spacial score (nSPS) is 31.9. The van der Waals surface area contributed by atoms with Crippen LogP contribution in [-0.4, -0.2) is 18.9 Å². The molecule has 0 unspecified atom stereocenters. The van der Waals surface area contributed by atoms with E-state index in [1.54, 1.807) is 0 Å². The lowest BCUT2D eigenvalue weighted by Crippen LogP contribution is -2.49. The molecule has 2 aliphatic carbocycles. The number of hydrogen-bond acceptors (Lipinski definition) is 3. The largest absolute Gasteiger partial charge is 0.468 e. The third-order valence-electron chi connectivity index (χ3n) is 5.11. The third-order valence-corrected chi connectivity index (χ3v) is 5.11. The molecule has 0 radical (unpaired) electrons. The lowest BCUT2D eigenvalue weighted by molar-refractivity contribution is -0.152. The zero-order valence-corrected chi connectivity index (χ0v) is 12.3. The number of benzene rings is 1. The highest BCUT2D eigenvalue weighted by atomic mass is 16.5. The van der Waals surface area contributed by atoms with Crippen molar-refractivity contribution in [3.63, 3.8) is 0 Å². The molecule has 0 bridgehead atoms. The number of esters is 1. The van der Waals surface area contributed by atoms with Gasteiger partial charge in [-0.2, -0.15) is 0 Å². The van der Waals surface area contributed by atoms with Gasteiger partial charge in [0.1, 0.15) is 11.2 Å². The van der Waals surface area contributed by atoms with Crippen molar-refractivity contribution >= 4 is 11.8 Å². The average molecular weight is 284 g/mol. The van der Waals surface area contributed by atoms with E-state index in [4.69, 9.17) is 4.74 Å². The summed E-state index contributed by atoms with van der Waals surface area (Å²) < 4.78 is 5.15. The first kappa shape index (κ1) is 14.1. The van der Waals surface area contributed by atoms with Gasteiger partial charge >= 0.3 is 5.97 Å². The van der Waals surface area contributed by atoms with Crippen LogP contribution in [0.1, 0.15) is 31.2 Å².